The summed E-state index contributed by atoms with van der Waals surface area (Å²) in [5, 5.41) is 8.20. The standard InChI is InChI=1S/C21H31N5OS/c1-4-19-14-24-20(28-19)10-11-23-21(22-2)25-16-7-6-12-26(15-16)17-8-5-9-18(13-17)27-3/h5,8-9,13-14,16H,4,6-7,10-12,15H2,1-3H3,(H2,22,23,25). The minimum absolute atomic E-state index is 0.373. The average Bonchev–Trinajstić information content (AvgIpc) is 3.21. The van der Waals surface area contributed by atoms with Crippen LogP contribution < -0.4 is 20.3 Å². The Labute approximate surface area is 172 Å². The van der Waals surface area contributed by atoms with Crippen molar-refractivity contribution in [3.63, 3.8) is 0 Å². The molecular weight excluding hydrogens is 370 g/mol. The lowest BCUT2D eigenvalue weighted by Gasteiger charge is -2.35. The SMILES string of the molecule is CCc1cnc(CCNC(=NC)NC2CCCN(c3cccc(OC)c3)C2)s1. The van der Waals surface area contributed by atoms with E-state index in [1.165, 1.54) is 15.6 Å². The van der Waals surface area contributed by atoms with Gasteiger partial charge in [-0.3, -0.25) is 4.99 Å². The number of guanidine groups is 1. The Bertz CT molecular complexity index is 776. The van der Waals surface area contributed by atoms with E-state index in [4.69, 9.17) is 4.74 Å². The van der Waals surface area contributed by atoms with Gasteiger partial charge < -0.3 is 20.3 Å². The Morgan fingerprint density at radius 3 is 3.07 bits per heavy atom. The van der Waals surface area contributed by atoms with E-state index in [2.05, 4.69) is 44.6 Å². The highest BCUT2D eigenvalue weighted by Gasteiger charge is 2.21. The Morgan fingerprint density at radius 1 is 1.43 bits per heavy atom. The van der Waals surface area contributed by atoms with Gasteiger partial charge in [-0.25, -0.2) is 4.98 Å². The summed E-state index contributed by atoms with van der Waals surface area (Å²) in [6, 6.07) is 8.66. The fraction of sp³-hybridized carbons (Fsp3) is 0.524. The van der Waals surface area contributed by atoms with Crippen LogP contribution in [0.2, 0.25) is 0 Å². The molecule has 0 radical (unpaired) electrons. The smallest absolute Gasteiger partial charge is 0.191 e. The number of hydrogen-bond acceptors (Lipinski definition) is 5. The van der Waals surface area contributed by atoms with Gasteiger partial charge in [0.25, 0.3) is 0 Å². The zero-order chi connectivity index (χ0) is 19.8. The first-order chi connectivity index (χ1) is 13.7. The first-order valence-corrected chi connectivity index (χ1v) is 10.8. The monoisotopic (exact) mass is 401 g/mol. The van der Waals surface area contributed by atoms with Gasteiger partial charge in [0.05, 0.1) is 12.1 Å². The van der Waals surface area contributed by atoms with Gasteiger partial charge in [0.15, 0.2) is 5.96 Å². The van der Waals surface area contributed by atoms with Crippen molar-refractivity contribution in [2.24, 2.45) is 4.99 Å². The van der Waals surface area contributed by atoms with Crippen molar-refractivity contribution in [2.75, 3.05) is 38.7 Å². The number of piperidine rings is 1. The van der Waals surface area contributed by atoms with E-state index in [0.717, 1.165) is 57.0 Å². The van der Waals surface area contributed by atoms with Crippen LogP contribution in [0.4, 0.5) is 5.69 Å². The Kier molecular flexibility index (Phi) is 7.54. The molecule has 2 N–H and O–H groups in total. The number of thiazole rings is 1. The summed E-state index contributed by atoms with van der Waals surface area (Å²) in [7, 11) is 3.54. The topological polar surface area (TPSA) is 61.8 Å². The largest absolute Gasteiger partial charge is 0.497 e. The second-order valence-corrected chi connectivity index (χ2v) is 8.15. The maximum Gasteiger partial charge on any atom is 0.191 e. The first kappa shape index (κ1) is 20.5. The number of aromatic nitrogens is 1. The number of aryl methyl sites for hydroxylation is 1. The molecule has 3 rings (SSSR count). The number of aliphatic imine (C=N–C) groups is 1. The highest BCUT2D eigenvalue weighted by molar-refractivity contribution is 7.11. The lowest BCUT2D eigenvalue weighted by Crippen LogP contribution is -2.51. The fourth-order valence-electron chi connectivity index (χ4n) is 3.44. The molecule has 1 aromatic carbocycles. The number of methoxy groups -OCH3 is 1. The third kappa shape index (κ3) is 5.61. The van der Waals surface area contributed by atoms with Crippen LogP contribution in [0, 0.1) is 0 Å². The lowest BCUT2D eigenvalue weighted by molar-refractivity contribution is 0.414. The van der Waals surface area contributed by atoms with Gasteiger partial charge in [-0.15, -0.1) is 11.3 Å². The van der Waals surface area contributed by atoms with E-state index in [1.54, 1.807) is 18.4 Å². The zero-order valence-electron chi connectivity index (χ0n) is 17.1. The van der Waals surface area contributed by atoms with Gasteiger partial charge in [0, 0.05) is 62.0 Å². The van der Waals surface area contributed by atoms with Crippen LogP contribution in [0.15, 0.2) is 35.5 Å². The van der Waals surface area contributed by atoms with Crippen molar-refractivity contribution < 1.29 is 4.74 Å². The molecule has 1 fully saturated rings. The molecule has 2 aromatic rings. The molecule has 7 heteroatoms. The fourth-order valence-corrected chi connectivity index (χ4v) is 4.30. The third-order valence-electron chi connectivity index (χ3n) is 4.99. The highest BCUT2D eigenvalue weighted by Crippen LogP contribution is 2.24. The van der Waals surface area contributed by atoms with Crippen LogP contribution in [0.25, 0.3) is 0 Å². The van der Waals surface area contributed by atoms with E-state index in [0.29, 0.717) is 6.04 Å². The third-order valence-corrected chi connectivity index (χ3v) is 6.19. The van der Waals surface area contributed by atoms with E-state index >= 15 is 0 Å². The minimum atomic E-state index is 0.373. The molecule has 1 aliphatic heterocycles. The number of rotatable bonds is 7. The van der Waals surface area contributed by atoms with Gasteiger partial charge in [0.1, 0.15) is 5.75 Å². The van der Waals surface area contributed by atoms with E-state index in [9.17, 15) is 0 Å². The van der Waals surface area contributed by atoms with Crippen molar-refractivity contribution >= 4 is 23.0 Å². The summed E-state index contributed by atoms with van der Waals surface area (Å²) < 4.78 is 5.37. The molecule has 0 amide bonds. The number of anilines is 1. The Hall–Kier alpha value is -2.28. The number of ether oxygens (including phenoxy) is 1. The molecule has 0 saturated carbocycles. The van der Waals surface area contributed by atoms with Crippen molar-refractivity contribution in [1.82, 2.24) is 15.6 Å². The molecule has 0 spiro atoms. The second-order valence-electron chi connectivity index (χ2n) is 6.95. The maximum absolute atomic E-state index is 5.37. The molecule has 1 atom stereocenters. The molecule has 0 aliphatic carbocycles. The minimum Gasteiger partial charge on any atom is -0.497 e. The van der Waals surface area contributed by atoms with Gasteiger partial charge in [-0.1, -0.05) is 13.0 Å². The Balaban J connectivity index is 1.49. The summed E-state index contributed by atoms with van der Waals surface area (Å²) in [6.07, 6.45) is 6.27. The normalized spacial score (nSPS) is 17.5. The average molecular weight is 402 g/mol. The summed E-state index contributed by atoms with van der Waals surface area (Å²) in [6.45, 7) is 5.03. The van der Waals surface area contributed by atoms with Crippen LogP contribution in [0.3, 0.4) is 0 Å². The summed E-state index contributed by atoms with van der Waals surface area (Å²) in [4.78, 5) is 12.6. The maximum atomic E-state index is 5.37. The number of nitrogens with one attached hydrogen (secondary N) is 2. The quantitative estimate of drug-likeness (QED) is 0.551. The molecular formula is C21H31N5OS. The predicted octanol–water partition coefficient (Wildman–Crippen LogP) is 3.09. The molecule has 1 saturated heterocycles. The summed E-state index contributed by atoms with van der Waals surface area (Å²) >= 11 is 1.80. The van der Waals surface area contributed by atoms with Crippen LogP contribution in [-0.4, -0.2) is 50.8 Å². The van der Waals surface area contributed by atoms with Gasteiger partial charge in [-0.05, 0) is 31.4 Å². The lowest BCUT2D eigenvalue weighted by atomic mass is 10.0. The van der Waals surface area contributed by atoms with Crippen molar-refractivity contribution in [2.45, 2.75) is 38.6 Å². The van der Waals surface area contributed by atoms with Crippen molar-refractivity contribution in [1.29, 1.82) is 0 Å². The van der Waals surface area contributed by atoms with Gasteiger partial charge in [-0.2, -0.15) is 0 Å². The molecule has 152 valence electrons. The van der Waals surface area contributed by atoms with Gasteiger partial charge >= 0.3 is 0 Å². The van der Waals surface area contributed by atoms with Crippen LogP contribution in [0.5, 0.6) is 5.75 Å². The predicted molar refractivity (Wildman–Crippen MR) is 118 cm³/mol. The van der Waals surface area contributed by atoms with E-state index < -0.39 is 0 Å². The molecule has 28 heavy (non-hydrogen) atoms. The molecule has 1 aliphatic rings. The van der Waals surface area contributed by atoms with Crippen LogP contribution >= 0.6 is 11.3 Å². The van der Waals surface area contributed by atoms with E-state index in [-0.39, 0.29) is 0 Å². The number of benzene rings is 1. The molecule has 6 nitrogen and oxygen atoms in total. The Morgan fingerprint density at radius 2 is 2.32 bits per heavy atom. The number of nitrogens with zero attached hydrogens (tertiary/aromatic N) is 3. The van der Waals surface area contributed by atoms with Crippen LogP contribution in [0.1, 0.15) is 29.7 Å². The number of hydrogen-bond donors (Lipinski definition) is 2. The summed E-state index contributed by atoms with van der Waals surface area (Å²) in [5.74, 6) is 1.77. The molecule has 2 heterocycles. The second kappa shape index (κ2) is 10.3. The zero-order valence-corrected chi connectivity index (χ0v) is 17.9. The van der Waals surface area contributed by atoms with Crippen molar-refractivity contribution in [3.05, 3.63) is 40.3 Å². The van der Waals surface area contributed by atoms with Crippen LogP contribution in [-0.2, 0) is 12.8 Å². The molecule has 0 bridgehead atoms. The molecule has 1 unspecified atom stereocenters. The summed E-state index contributed by atoms with van der Waals surface area (Å²) in [5.41, 5.74) is 1.21. The first-order valence-electron chi connectivity index (χ1n) is 10.0. The highest BCUT2D eigenvalue weighted by atomic mass is 32.1. The molecule has 1 aromatic heterocycles. The van der Waals surface area contributed by atoms with E-state index in [1.807, 2.05) is 25.4 Å². The van der Waals surface area contributed by atoms with Crippen molar-refractivity contribution in [3.8, 4) is 5.75 Å². The van der Waals surface area contributed by atoms with Gasteiger partial charge in [0.2, 0.25) is 0 Å².